The summed E-state index contributed by atoms with van der Waals surface area (Å²) in [6.07, 6.45) is 0.920. The van der Waals surface area contributed by atoms with Crippen molar-refractivity contribution in [3.05, 3.63) is 46.7 Å². The van der Waals surface area contributed by atoms with Gasteiger partial charge in [0.1, 0.15) is 11.9 Å². The maximum absolute atomic E-state index is 12.6. The highest BCUT2D eigenvalue weighted by atomic mass is 32.1. The number of carbonyl (C=O) groups excluding carboxylic acids is 1. The number of amides is 2. The van der Waals surface area contributed by atoms with Gasteiger partial charge >= 0.3 is 6.03 Å². The summed E-state index contributed by atoms with van der Waals surface area (Å²) < 4.78 is 11.3. The molecule has 1 saturated heterocycles. The van der Waals surface area contributed by atoms with E-state index in [-0.39, 0.29) is 18.2 Å². The lowest BCUT2D eigenvalue weighted by molar-refractivity contribution is 0.142. The Balaban J connectivity index is 1.67. The molecule has 3 rings (SSSR count). The molecule has 2 amide bonds. The lowest BCUT2D eigenvalue weighted by Crippen LogP contribution is -2.33. The van der Waals surface area contributed by atoms with Gasteiger partial charge in [-0.25, -0.2) is 4.79 Å². The summed E-state index contributed by atoms with van der Waals surface area (Å²) in [7, 11) is 1.80. The summed E-state index contributed by atoms with van der Waals surface area (Å²) in [5.74, 6) is 0.679. The molecule has 1 fully saturated rings. The second-order valence-electron chi connectivity index (χ2n) is 5.83. The van der Waals surface area contributed by atoms with Crippen LogP contribution in [0.2, 0.25) is 0 Å². The molecule has 2 aromatic rings. The molecule has 2 heterocycles. The molecule has 6 heteroatoms. The molecule has 1 N–H and O–H groups in total. The molecule has 1 aromatic carbocycles. The van der Waals surface area contributed by atoms with Crippen LogP contribution < -0.4 is 10.1 Å². The minimum absolute atomic E-state index is 0.0151. The van der Waals surface area contributed by atoms with Crippen LogP contribution in [-0.4, -0.2) is 37.3 Å². The van der Waals surface area contributed by atoms with Crippen LogP contribution in [0.4, 0.5) is 10.5 Å². The number of benzene rings is 1. The second-order valence-corrected chi connectivity index (χ2v) is 6.81. The van der Waals surface area contributed by atoms with E-state index >= 15 is 0 Å². The topological polar surface area (TPSA) is 50.8 Å². The van der Waals surface area contributed by atoms with Gasteiger partial charge in [-0.2, -0.15) is 0 Å². The number of para-hydroxylation sites is 2. The number of hydrogen-bond donors (Lipinski definition) is 1. The highest BCUT2D eigenvalue weighted by molar-refractivity contribution is 7.10. The predicted octanol–water partition coefficient (Wildman–Crippen LogP) is 4.14. The molecule has 0 bridgehead atoms. The van der Waals surface area contributed by atoms with Crippen LogP contribution in [0.3, 0.4) is 0 Å². The highest BCUT2D eigenvalue weighted by Gasteiger charge is 2.21. The number of nitrogens with zero attached hydrogens (tertiary/aromatic N) is 1. The molecule has 0 spiro atoms. The SMILES string of the molecule is C[C@@H](c1cccs1)N(C)C(=O)Nc1ccccc1O[C@@H]1CCOC1. The summed E-state index contributed by atoms with van der Waals surface area (Å²) >= 11 is 1.65. The molecule has 2 atom stereocenters. The third-order valence-electron chi connectivity index (χ3n) is 4.17. The van der Waals surface area contributed by atoms with Gasteiger partial charge in [0.15, 0.2) is 0 Å². The fourth-order valence-corrected chi connectivity index (χ4v) is 3.38. The quantitative estimate of drug-likeness (QED) is 0.885. The summed E-state index contributed by atoms with van der Waals surface area (Å²) in [6, 6.07) is 11.4. The monoisotopic (exact) mass is 346 g/mol. The van der Waals surface area contributed by atoms with Crippen molar-refractivity contribution in [3.8, 4) is 5.75 Å². The number of anilines is 1. The van der Waals surface area contributed by atoms with Crippen molar-refractivity contribution in [1.29, 1.82) is 0 Å². The van der Waals surface area contributed by atoms with E-state index in [1.54, 1.807) is 23.3 Å². The van der Waals surface area contributed by atoms with Gasteiger partial charge in [0, 0.05) is 18.3 Å². The van der Waals surface area contributed by atoms with Crippen LogP contribution in [-0.2, 0) is 4.74 Å². The van der Waals surface area contributed by atoms with E-state index in [1.165, 1.54) is 0 Å². The van der Waals surface area contributed by atoms with Crippen molar-refractivity contribution in [1.82, 2.24) is 4.90 Å². The zero-order valence-electron chi connectivity index (χ0n) is 13.9. The summed E-state index contributed by atoms with van der Waals surface area (Å²) in [4.78, 5) is 15.4. The first-order chi connectivity index (χ1) is 11.6. The highest BCUT2D eigenvalue weighted by Crippen LogP contribution is 2.28. The Morgan fingerprint density at radius 1 is 1.38 bits per heavy atom. The van der Waals surface area contributed by atoms with Gasteiger partial charge < -0.3 is 19.7 Å². The van der Waals surface area contributed by atoms with Crippen LogP contribution in [0.1, 0.15) is 24.3 Å². The van der Waals surface area contributed by atoms with Crippen LogP contribution in [0.25, 0.3) is 0 Å². The Morgan fingerprint density at radius 2 is 2.21 bits per heavy atom. The van der Waals surface area contributed by atoms with Gasteiger partial charge in [0.25, 0.3) is 0 Å². The summed E-state index contributed by atoms with van der Waals surface area (Å²) in [6.45, 7) is 3.33. The minimum atomic E-state index is -0.158. The minimum Gasteiger partial charge on any atom is -0.486 e. The van der Waals surface area contributed by atoms with Crippen molar-refractivity contribution in [2.45, 2.75) is 25.5 Å². The average molecular weight is 346 g/mol. The van der Waals surface area contributed by atoms with Gasteiger partial charge in [-0.15, -0.1) is 11.3 Å². The van der Waals surface area contributed by atoms with Crippen molar-refractivity contribution in [3.63, 3.8) is 0 Å². The number of thiophene rings is 1. The largest absolute Gasteiger partial charge is 0.486 e. The molecule has 1 aromatic heterocycles. The smallest absolute Gasteiger partial charge is 0.322 e. The molecular weight excluding hydrogens is 324 g/mol. The molecule has 1 aliphatic heterocycles. The summed E-state index contributed by atoms with van der Waals surface area (Å²) in [5, 5.41) is 4.97. The van der Waals surface area contributed by atoms with Crippen LogP contribution >= 0.6 is 11.3 Å². The van der Waals surface area contributed by atoms with E-state index in [2.05, 4.69) is 5.32 Å². The zero-order valence-corrected chi connectivity index (χ0v) is 14.7. The Labute approximate surface area is 146 Å². The van der Waals surface area contributed by atoms with Gasteiger partial charge in [-0.05, 0) is 30.5 Å². The fraction of sp³-hybridized carbons (Fsp3) is 0.389. The van der Waals surface area contributed by atoms with E-state index < -0.39 is 0 Å². The van der Waals surface area contributed by atoms with Crippen LogP contribution in [0, 0.1) is 0 Å². The molecule has 5 nitrogen and oxygen atoms in total. The van der Waals surface area contributed by atoms with Crippen molar-refractivity contribution >= 4 is 23.1 Å². The molecule has 0 saturated carbocycles. The third-order valence-corrected chi connectivity index (χ3v) is 5.21. The molecule has 0 aliphatic carbocycles. The van der Waals surface area contributed by atoms with Gasteiger partial charge in [-0.1, -0.05) is 18.2 Å². The van der Waals surface area contributed by atoms with Crippen LogP contribution in [0.5, 0.6) is 5.75 Å². The predicted molar refractivity (Wildman–Crippen MR) is 95.8 cm³/mol. The second kappa shape index (κ2) is 7.68. The Hall–Kier alpha value is -2.05. The number of urea groups is 1. The zero-order chi connectivity index (χ0) is 16.9. The van der Waals surface area contributed by atoms with E-state index in [9.17, 15) is 4.79 Å². The van der Waals surface area contributed by atoms with Gasteiger partial charge in [-0.3, -0.25) is 0 Å². The molecular formula is C18H22N2O3S. The number of hydrogen-bond acceptors (Lipinski definition) is 4. The normalized spacial score (nSPS) is 18.2. The van der Waals surface area contributed by atoms with Crippen LogP contribution in [0.15, 0.2) is 41.8 Å². The molecule has 0 unspecified atom stereocenters. The van der Waals surface area contributed by atoms with E-state index in [1.807, 2.05) is 48.7 Å². The molecule has 128 valence electrons. The third kappa shape index (κ3) is 3.88. The Morgan fingerprint density at radius 3 is 2.92 bits per heavy atom. The van der Waals surface area contributed by atoms with E-state index in [0.717, 1.165) is 17.9 Å². The molecule has 24 heavy (non-hydrogen) atoms. The Bertz CT molecular complexity index is 669. The standard InChI is InChI=1S/C18H22N2O3S/c1-13(17-8-5-11-24-17)20(2)18(21)19-15-6-3-4-7-16(15)23-14-9-10-22-12-14/h3-8,11,13-14H,9-10,12H2,1-2H3,(H,19,21)/t13-,14+/m0/s1. The lowest BCUT2D eigenvalue weighted by atomic mass is 10.2. The lowest BCUT2D eigenvalue weighted by Gasteiger charge is -2.25. The first-order valence-electron chi connectivity index (χ1n) is 8.06. The first kappa shape index (κ1) is 16.8. The number of carbonyl (C=O) groups is 1. The molecule has 1 aliphatic rings. The van der Waals surface area contributed by atoms with Gasteiger partial charge in [0.05, 0.1) is 24.9 Å². The Kier molecular flexibility index (Phi) is 5.37. The number of nitrogens with one attached hydrogen (secondary N) is 1. The average Bonchev–Trinajstić information content (AvgIpc) is 3.28. The van der Waals surface area contributed by atoms with Crippen molar-refractivity contribution < 1.29 is 14.3 Å². The molecule has 0 radical (unpaired) electrons. The maximum Gasteiger partial charge on any atom is 0.322 e. The summed E-state index contributed by atoms with van der Waals surface area (Å²) in [5.41, 5.74) is 0.680. The van der Waals surface area contributed by atoms with E-state index in [4.69, 9.17) is 9.47 Å². The number of ether oxygens (including phenoxy) is 2. The maximum atomic E-state index is 12.6. The van der Waals surface area contributed by atoms with Crippen molar-refractivity contribution in [2.75, 3.05) is 25.6 Å². The van der Waals surface area contributed by atoms with E-state index in [0.29, 0.717) is 18.0 Å². The fourth-order valence-electron chi connectivity index (χ4n) is 2.56. The first-order valence-corrected chi connectivity index (χ1v) is 8.94. The van der Waals surface area contributed by atoms with Crippen molar-refractivity contribution in [2.24, 2.45) is 0 Å². The van der Waals surface area contributed by atoms with Gasteiger partial charge in [0.2, 0.25) is 0 Å². The number of rotatable bonds is 5.